The van der Waals surface area contributed by atoms with Crippen LogP contribution in [-0.2, 0) is 53.5 Å². The third-order valence-corrected chi connectivity index (χ3v) is 18.3. The van der Waals surface area contributed by atoms with Crippen LogP contribution < -0.4 is 15.4 Å². The Kier molecular flexibility index (Phi) is 17.2. The Hall–Kier alpha value is -8.11. The number of aromatic nitrogens is 1. The average Bonchev–Trinajstić information content (AvgIpc) is 2.59. The molecule has 9 aromatic rings. The van der Waals surface area contributed by atoms with E-state index in [9.17, 15) is 9.59 Å². The SMILES string of the molecule is COc1ccc(COC(=O)C2=C(Sc3ccc(CCl)cc3CCl)CS[C@@H]3[C@H](NC(=O)/C(=N\OC(c4ccccc4)(c4ccccc4)c4ccccc4)c4csc(NC(c5ccccc5)(c5ccccc5)c5ccccc5)n4)C(=O)N23)cc1. The van der Waals surface area contributed by atoms with Gasteiger partial charge >= 0.3 is 5.97 Å². The summed E-state index contributed by atoms with van der Waals surface area (Å²) >= 11 is 16.7. The molecule has 1 aromatic heterocycles. The Morgan fingerprint density at radius 1 is 0.683 bits per heavy atom. The van der Waals surface area contributed by atoms with Crippen LogP contribution >= 0.6 is 58.1 Å². The molecule has 0 spiro atoms. The van der Waals surface area contributed by atoms with Gasteiger partial charge in [-0.25, -0.2) is 9.78 Å². The van der Waals surface area contributed by atoms with Crippen molar-refractivity contribution in [3.05, 3.63) is 296 Å². The molecule has 1 saturated heterocycles. The largest absolute Gasteiger partial charge is 0.497 e. The van der Waals surface area contributed by atoms with Crippen LogP contribution in [0.15, 0.2) is 250 Å². The van der Waals surface area contributed by atoms with E-state index < -0.39 is 40.3 Å². The molecule has 0 unspecified atom stereocenters. The van der Waals surface area contributed by atoms with Crippen molar-refractivity contribution < 1.29 is 28.7 Å². The lowest BCUT2D eigenvalue weighted by atomic mass is 9.77. The van der Waals surface area contributed by atoms with Gasteiger partial charge in [-0.1, -0.05) is 223 Å². The minimum Gasteiger partial charge on any atom is -0.497 e. The third kappa shape index (κ3) is 11.3. The molecule has 2 aliphatic rings. The number of hydrogen-bond donors (Lipinski definition) is 2. The number of hydrogen-bond acceptors (Lipinski definition) is 12. The molecule has 16 heteroatoms. The number of oxime groups is 1. The molecule has 3 heterocycles. The number of rotatable bonds is 21. The number of nitrogens with zero attached hydrogens (tertiary/aromatic N) is 3. The molecule has 0 radical (unpaired) electrons. The minimum atomic E-state index is -1.38. The van der Waals surface area contributed by atoms with Crippen LogP contribution in [0.1, 0.15) is 55.8 Å². The van der Waals surface area contributed by atoms with Crippen LogP contribution in [0.25, 0.3) is 0 Å². The van der Waals surface area contributed by atoms with E-state index in [4.69, 9.17) is 47.7 Å². The van der Waals surface area contributed by atoms with Crippen LogP contribution in [0.4, 0.5) is 5.13 Å². The zero-order valence-electron chi connectivity index (χ0n) is 44.2. The first-order valence-corrected chi connectivity index (χ1v) is 30.1. The number of thioether (sulfide) groups is 2. The van der Waals surface area contributed by atoms with Crippen molar-refractivity contribution in [2.75, 3.05) is 18.2 Å². The second kappa shape index (κ2) is 25.4. The highest BCUT2D eigenvalue weighted by Crippen LogP contribution is 2.47. The van der Waals surface area contributed by atoms with Crippen LogP contribution in [0, 0.1) is 0 Å². The number of anilines is 1. The van der Waals surface area contributed by atoms with Crippen LogP contribution in [0.2, 0.25) is 0 Å². The molecule has 11 nitrogen and oxygen atoms in total. The number of carbonyl (C=O) groups is 3. The maximum Gasteiger partial charge on any atom is 0.356 e. The monoisotopic (exact) mass is 1180 g/mol. The normalized spacial score (nSPS) is 15.2. The number of esters is 1. The second-order valence-corrected chi connectivity index (χ2v) is 22.8. The zero-order chi connectivity index (χ0) is 56.5. The van der Waals surface area contributed by atoms with Crippen LogP contribution in [-0.4, -0.2) is 57.7 Å². The van der Waals surface area contributed by atoms with E-state index >= 15 is 4.79 Å². The van der Waals surface area contributed by atoms with Gasteiger partial charge in [0.1, 0.15) is 40.7 Å². The summed E-state index contributed by atoms with van der Waals surface area (Å²) in [6.07, 6.45) is 0. The Labute approximate surface area is 498 Å². The van der Waals surface area contributed by atoms with Gasteiger partial charge < -0.3 is 24.9 Å². The number of amides is 2. The summed E-state index contributed by atoms with van der Waals surface area (Å²) in [6, 6.07) is 71.4. The van der Waals surface area contributed by atoms with Gasteiger partial charge in [0.15, 0.2) is 10.8 Å². The minimum absolute atomic E-state index is 0.0639. The van der Waals surface area contributed by atoms with Crippen molar-refractivity contribution in [2.24, 2.45) is 5.16 Å². The molecule has 2 amide bonds. The molecule has 2 aliphatic heterocycles. The maximum atomic E-state index is 15.5. The fourth-order valence-corrected chi connectivity index (χ4v) is 14.0. The summed E-state index contributed by atoms with van der Waals surface area (Å²) < 4.78 is 11.3. The van der Waals surface area contributed by atoms with Gasteiger partial charge in [-0.3, -0.25) is 14.5 Å². The molecule has 2 atom stereocenters. The highest BCUT2D eigenvalue weighted by Gasteiger charge is 2.55. The van der Waals surface area contributed by atoms with Crippen molar-refractivity contribution in [1.29, 1.82) is 0 Å². The molecular weight excluding hydrogens is 1130 g/mol. The predicted octanol–water partition coefficient (Wildman–Crippen LogP) is 13.9. The lowest BCUT2D eigenvalue weighted by Gasteiger charge is -2.49. The molecule has 8 aromatic carbocycles. The zero-order valence-corrected chi connectivity index (χ0v) is 48.2. The van der Waals surface area contributed by atoms with Crippen molar-refractivity contribution in [1.82, 2.24) is 15.2 Å². The lowest BCUT2D eigenvalue weighted by Crippen LogP contribution is -2.71. The van der Waals surface area contributed by atoms with Gasteiger partial charge in [-0.2, -0.15) is 0 Å². The van der Waals surface area contributed by atoms with E-state index in [0.29, 0.717) is 27.4 Å². The Morgan fingerprint density at radius 2 is 1.20 bits per heavy atom. The summed E-state index contributed by atoms with van der Waals surface area (Å²) in [5, 5.41) is 13.3. The summed E-state index contributed by atoms with van der Waals surface area (Å²) in [7, 11) is 1.58. The molecular formula is C66H53Cl2N5O6S3. The van der Waals surface area contributed by atoms with E-state index in [0.717, 1.165) is 55.0 Å². The Morgan fingerprint density at radius 3 is 1.70 bits per heavy atom. The number of methoxy groups -OCH3 is 1. The quantitative estimate of drug-likeness (QED) is 0.0179. The topological polar surface area (TPSA) is 131 Å². The molecule has 82 heavy (non-hydrogen) atoms. The van der Waals surface area contributed by atoms with E-state index in [-0.39, 0.29) is 29.6 Å². The molecule has 11 rings (SSSR count). The number of ether oxygens (including phenoxy) is 2. The van der Waals surface area contributed by atoms with Gasteiger partial charge in [0, 0.05) is 49.4 Å². The highest BCUT2D eigenvalue weighted by atomic mass is 35.5. The number of benzene rings is 8. The Bertz CT molecular complexity index is 3560. The van der Waals surface area contributed by atoms with E-state index in [1.165, 1.54) is 39.8 Å². The highest BCUT2D eigenvalue weighted by molar-refractivity contribution is 8.06. The summed E-state index contributed by atoms with van der Waals surface area (Å²) in [5.41, 5.74) is 5.32. The van der Waals surface area contributed by atoms with Gasteiger partial charge in [-0.05, 0) is 51.6 Å². The van der Waals surface area contributed by atoms with Crippen molar-refractivity contribution in [2.45, 2.75) is 45.8 Å². The lowest BCUT2D eigenvalue weighted by molar-refractivity contribution is -0.153. The first kappa shape index (κ1) is 55.8. The van der Waals surface area contributed by atoms with Crippen LogP contribution in [0.3, 0.4) is 0 Å². The number of thiazole rings is 1. The average molecular weight is 1180 g/mol. The second-order valence-electron chi connectivity index (χ2n) is 19.2. The molecule has 0 saturated carbocycles. The molecule has 0 bridgehead atoms. The third-order valence-electron chi connectivity index (χ3n) is 14.3. The number of halogens is 2. The van der Waals surface area contributed by atoms with Gasteiger partial charge in [0.2, 0.25) is 5.60 Å². The van der Waals surface area contributed by atoms with E-state index in [2.05, 4.69) is 47.0 Å². The number of carbonyl (C=O) groups excluding carboxylic acids is 3. The number of nitrogens with one attached hydrogen (secondary N) is 2. The molecule has 1 fully saturated rings. The fourth-order valence-electron chi connectivity index (χ4n) is 10.2. The maximum absolute atomic E-state index is 15.5. The van der Waals surface area contributed by atoms with Crippen molar-refractivity contribution >= 4 is 86.7 Å². The smallest absolute Gasteiger partial charge is 0.356 e. The van der Waals surface area contributed by atoms with Crippen molar-refractivity contribution in [3.63, 3.8) is 0 Å². The standard InChI is InChI=1S/C66H53Cl2N5O6S3/c1-77-53-35-32-44(33-36-53)41-78-63(76)59-56(82-55-37-34-45(39-67)38-46(55)40-68)43-80-62-58(61(75)73(59)62)70-60(74)57(72-79-66(50-26-14-5-15-27-50,51-28-16-6-17-29-51)52-30-18-7-19-31-52)54-42-81-64(69-54)71-65(47-20-8-2-9-21-47,48-22-10-3-11-23-48)49-24-12-4-13-25-49/h2-38,42,58,62H,39-41,43H2,1H3,(H,69,71)(H,70,74)/b72-57-/t58-,62-/m1/s1. The van der Waals surface area contributed by atoms with Gasteiger partial charge in [0.25, 0.3) is 11.8 Å². The van der Waals surface area contributed by atoms with E-state index in [1.807, 2.05) is 164 Å². The molecule has 410 valence electrons. The summed E-state index contributed by atoms with van der Waals surface area (Å²) in [5.74, 6) is -0.462. The number of β-lactam (4-membered cyclic amide) rings is 1. The summed E-state index contributed by atoms with van der Waals surface area (Å²) in [4.78, 5) is 59.9. The Balaban J connectivity index is 0.984. The fraction of sp³-hybridized carbons (Fsp3) is 0.136. The first-order chi connectivity index (χ1) is 40.2. The van der Waals surface area contributed by atoms with Crippen molar-refractivity contribution in [3.8, 4) is 5.75 Å². The predicted molar refractivity (Wildman–Crippen MR) is 328 cm³/mol. The van der Waals surface area contributed by atoms with Gasteiger partial charge in [-0.15, -0.1) is 46.3 Å². The molecule has 2 N–H and O–H groups in total. The van der Waals surface area contributed by atoms with E-state index in [1.54, 1.807) is 36.8 Å². The summed E-state index contributed by atoms with van der Waals surface area (Å²) in [6.45, 7) is -0.0639. The first-order valence-electron chi connectivity index (χ1n) is 26.3. The van der Waals surface area contributed by atoms with Gasteiger partial charge in [0.05, 0.1) is 7.11 Å². The van der Waals surface area contributed by atoms with Crippen LogP contribution in [0.5, 0.6) is 5.75 Å². The number of alkyl halides is 2. The molecule has 0 aliphatic carbocycles. The number of fused-ring (bicyclic) bond motifs is 1.